The monoisotopic (exact) mass is 248 g/mol. The lowest BCUT2D eigenvalue weighted by Crippen LogP contribution is -2.27. The number of anilines is 1. The fraction of sp³-hybridized carbons (Fsp3) is 0.417. The van der Waals surface area contributed by atoms with Crippen LogP contribution in [0.3, 0.4) is 0 Å². The van der Waals surface area contributed by atoms with Gasteiger partial charge < -0.3 is 4.74 Å². The Hall–Kier alpha value is -2.11. The van der Waals surface area contributed by atoms with Crippen LogP contribution in [0.2, 0.25) is 0 Å². The highest BCUT2D eigenvalue weighted by Crippen LogP contribution is 2.18. The molecule has 1 N–H and O–H groups in total. The molecule has 2 heterocycles. The molecule has 0 unspecified atom stereocenters. The maximum atomic E-state index is 11.7. The number of aryl methyl sites for hydroxylation is 1. The Morgan fingerprint density at radius 2 is 2.17 bits per heavy atom. The van der Waals surface area contributed by atoms with Crippen LogP contribution in [0.4, 0.5) is 10.6 Å². The minimum absolute atomic E-state index is 0.461. The van der Waals surface area contributed by atoms with Crippen molar-refractivity contribution < 1.29 is 9.53 Å². The number of hydrogen-bond donors (Lipinski definition) is 1. The number of fused-ring (bicyclic) bond motifs is 1. The summed E-state index contributed by atoms with van der Waals surface area (Å²) in [5, 5.41) is 6.85. The van der Waals surface area contributed by atoms with Crippen molar-refractivity contribution in [3.63, 3.8) is 0 Å². The predicted molar refractivity (Wildman–Crippen MR) is 67.6 cm³/mol. The molecular formula is C12H16N4O2. The standard InChI is InChI=1S/C12H16N4O2/c1-8-9(14-11(17)18-12(2,3)4)15-16-7-5-6-13-10(8)16/h5-7H,1-4H3,(H,14,15,17). The molecule has 2 rings (SSSR count). The summed E-state index contributed by atoms with van der Waals surface area (Å²) in [7, 11) is 0. The molecule has 1 amide bonds. The van der Waals surface area contributed by atoms with Crippen LogP contribution in [0.5, 0.6) is 0 Å². The SMILES string of the molecule is Cc1c(NC(=O)OC(C)(C)C)nn2cccnc12. The molecule has 0 spiro atoms. The second-order valence-electron chi connectivity index (χ2n) is 4.99. The molecule has 2 aromatic heterocycles. The average molecular weight is 248 g/mol. The number of aromatic nitrogens is 3. The van der Waals surface area contributed by atoms with Gasteiger partial charge in [0.05, 0.1) is 0 Å². The minimum Gasteiger partial charge on any atom is -0.444 e. The highest BCUT2D eigenvalue weighted by Gasteiger charge is 2.18. The molecule has 96 valence electrons. The lowest BCUT2D eigenvalue weighted by molar-refractivity contribution is 0.0635. The van der Waals surface area contributed by atoms with Gasteiger partial charge in [-0.2, -0.15) is 0 Å². The molecule has 0 aliphatic rings. The van der Waals surface area contributed by atoms with E-state index in [4.69, 9.17) is 4.74 Å². The molecule has 6 nitrogen and oxygen atoms in total. The largest absolute Gasteiger partial charge is 0.444 e. The lowest BCUT2D eigenvalue weighted by atomic mass is 10.2. The van der Waals surface area contributed by atoms with Gasteiger partial charge in [-0.25, -0.2) is 14.3 Å². The molecule has 6 heteroatoms. The Labute approximate surface area is 105 Å². The summed E-state index contributed by atoms with van der Waals surface area (Å²) in [5.74, 6) is 0.461. The van der Waals surface area contributed by atoms with Crippen LogP contribution in [-0.4, -0.2) is 26.3 Å². The molecule has 0 atom stereocenters. The van der Waals surface area contributed by atoms with E-state index in [0.717, 1.165) is 5.56 Å². The van der Waals surface area contributed by atoms with Crippen LogP contribution in [-0.2, 0) is 4.74 Å². The molecule has 0 aliphatic heterocycles. The van der Waals surface area contributed by atoms with Crippen molar-refractivity contribution in [1.29, 1.82) is 0 Å². The van der Waals surface area contributed by atoms with Crippen molar-refractivity contribution in [2.45, 2.75) is 33.3 Å². The Morgan fingerprint density at radius 3 is 2.78 bits per heavy atom. The molecule has 0 radical (unpaired) electrons. The zero-order valence-electron chi connectivity index (χ0n) is 10.9. The van der Waals surface area contributed by atoms with Crippen molar-refractivity contribution in [3.8, 4) is 0 Å². The number of carbonyl (C=O) groups excluding carboxylic acids is 1. The second kappa shape index (κ2) is 4.29. The van der Waals surface area contributed by atoms with E-state index in [-0.39, 0.29) is 0 Å². The van der Waals surface area contributed by atoms with Crippen LogP contribution in [0.1, 0.15) is 26.3 Å². The Balaban J connectivity index is 2.22. The summed E-state index contributed by atoms with van der Waals surface area (Å²) in [5.41, 5.74) is 0.986. The smallest absolute Gasteiger partial charge is 0.413 e. The third-order valence-electron chi connectivity index (χ3n) is 2.24. The lowest BCUT2D eigenvalue weighted by Gasteiger charge is -2.19. The van der Waals surface area contributed by atoms with E-state index >= 15 is 0 Å². The van der Waals surface area contributed by atoms with E-state index in [1.165, 1.54) is 0 Å². The molecular weight excluding hydrogens is 232 g/mol. The van der Waals surface area contributed by atoms with E-state index in [1.54, 1.807) is 23.0 Å². The van der Waals surface area contributed by atoms with Crippen molar-refractivity contribution in [2.24, 2.45) is 0 Å². The van der Waals surface area contributed by atoms with E-state index in [9.17, 15) is 4.79 Å². The van der Waals surface area contributed by atoms with Crippen LogP contribution >= 0.6 is 0 Å². The maximum absolute atomic E-state index is 11.7. The predicted octanol–water partition coefficient (Wildman–Crippen LogP) is 2.38. The number of hydrogen-bond acceptors (Lipinski definition) is 4. The molecule has 18 heavy (non-hydrogen) atoms. The Kier molecular flexibility index (Phi) is 2.94. The molecule has 0 saturated heterocycles. The van der Waals surface area contributed by atoms with Crippen molar-refractivity contribution in [2.75, 3.05) is 5.32 Å². The molecule has 0 saturated carbocycles. The van der Waals surface area contributed by atoms with Gasteiger partial charge in [0.2, 0.25) is 0 Å². The summed E-state index contributed by atoms with van der Waals surface area (Å²) >= 11 is 0. The average Bonchev–Trinajstić information content (AvgIpc) is 2.54. The fourth-order valence-electron chi connectivity index (χ4n) is 1.52. The Morgan fingerprint density at radius 1 is 1.44 bits per heavy atom. The molecule has 0 aromatic carbocycles. The molecule has 0 fully saturated rings. The van der Waals surface area contributed by atoms with Crippen LogP contribution in [0.15, 0.2) is 18.5 Å². The maximum Gasteiger partial charge on any atom is 0.413 e. The third kappa shape index (κ3) is 2.58. The van der Waals surface area contributed by atoms with E-state index in [0.29, 0.717) is 11.5 Å². The van der Waals surface area contributed by atoms with Crippen molar-refractivity contribution >= 4 is 17.6 Å². The first-order valence-electron chi connectivity index (χ1n) is 5.67. The summed E-state index contributed by atoms with van der Waals surface area (Å²) in [6.07, 6.45) is 2.94. The molecule has 2 aromatic rings. The third-order valence-corrected chi connectivity index (χ3v) is 2.24. The van der Waals surface area contributed by atoms with E-state index < -0.39 is 11.7 Å². The summed E-state index contributed by atoms with van der Waals surface area (Å²) in [6.45, 7) is 7.28. The zero-order chi connectivity index (χ0) is 13.3. The molecule has 0 aliphatic carbocycles. The first-order chi connectivity index (χ1) is 8.37. The quantitative estimate of drug-likeness (QED) is 0.841. The number of carbonyl (C=O) groups is 1. The minimum atomic E-state index is -0.532. The second-order valence-corrected chi connectivity index (χ2v) is 4.99. The van der Waals surface area contributed by atoms with Gasteiger partial charge in [-0.05, 0) is 33.8 Å². The van der Waals surface area contributed by atoms with Gasteiger partial charge in [-0.15, -0.1) is 5.10 Å². The first-order valence-corrected chi connectivity index (χ1v) is 5.67. The highest BCUT2D eigenvalue weighted by atomic mass is 16.6. The van der Waals surface area contributed by atoms with E-state index in [2.05, 4.69) is 15.4 Å². The summed E-state index contributed by atoms with van der Waals surface area (Å²) in [6, 6.07) is 1.77. The van der Waals surface area contributed by atoms with Crippen LogP contribution in [0.25, 0.3) is 5.65 Å². The highest BCUT2D eigenvalue weighted by molar-refractivity contribution is 5.85. The topological polar surface area (TPSA) is 68.5 Å². The number of nitrogens with zero attached hydrogens (tertiary/aromatic N) is 3. The first kappa shape index (κ1) is 12.3. The van der Waals surface area contributed by atoms with Gasteiger partial charge in [-0.3, -0.25) is 5.32 Å². The zero-order valence-corrected chi connectivity index (χ0v) is 10.9. The summed E-state index contributed by atoms with van der Waals surface area (Å²) < 4.78 is 6.79. The van der Waals surface area contributed by atoms with Gasteiger partial charge in [0, 0.05) is 18.0 Å². The van der Waals surface area contributed by atoms with E-state index in [1.807, 2.05) is 27.7 Å². The van der Waals surface area contributed by atoms with Gasteiger partial charge in [0.1, 0.15) is 5.60 Å². The van der Waals surface area contributed by atoms with Crippen LogP contribution < -0.4 is 5.32 Å². The number of rotatable bonds is 1. The van der Waals surface area contributed by atoms with Gasteiger partial charge in [0.15, 0.2) is 11.5 Å². The number of ether oxygens (including phenoxy) is 1. The van der Waals surface area contributed by atoms with Gasteiger partial charge in [-0.1, -0.05) is 0 Å². The van der Waals surface area contributed by atoms with Crippen molar-refractivity contribution in [3.05, 3.63) is 24.0 Å². The number of amides is 1. The van der Waals surface area contributed by atoms with Gasteiger partial charge in [0.25, 0.3) is 0 Å². The normalized spacial score (nSPS) is 11.6. The summed E-state index contributed by atoms with van der Waals surface area (Å²) in [4.78, 5) is 15.8. The number of nitrogens with one attached hydrogen (secondary N) is 1. The van der Waals surface area contributed by atoms with Gasteiger partial charge >= 0.3 is 6.09 Å². The van der Waals surface area contributed by atoms with Crippen molar-refractivity contribution in [1.82, 2.24) is 14.6 Å². The fourth-order valence-corrected chi connectivity index (χ4v) is 1.52. The Bertz CT molecular complexity index is 583. The molecule has 0 bridgehead atoms. The van der Waals surface area contributed by atoms with Crippen LogP contribution in [0, 0.1) is 6.92 Å².